The molecule has 1 aliphatic rings. The quantitative estimate of drug-likeness (QED) is 0.508. The van der Waals surface area contributed by atoms with Crippen LogP contribution in [0.4, 0.5) is 20.6 Å². The SMILES string of the molecule is N#Cc1cccc(F)c1Nc1ccc(CNC(=O)C2(NC(=O)Oc3cncnc3)CC2)cc1. The molecule has 2 aromatic carbocycles. The average Bonchev–Trinajstić information content (AvgIpc) is 3.60. The van der Waals surface area contributed by atoms with Crippen LogP contribution >= 0.6 is 0 Å². The van der Waals surface area contributed by atoms with Crippen LogP contribution in [0.2, 0.25) is 0 Å². The third-order valence-electron chi connectivity index (χ3n) is 5.08. The van der Waals surface area contributed by atoms with Crippen LogP contribution in [0.1, 0.15) is 24.0 Å². The van der Waals surface area contributed by atoms with Gasteiger partial charge in [0.05, 0.1) is 23.6 Å². The number of benzene rings is 2. The van der Waals surface area contributed by atoms with E-state index in [0.29, 0.717) is 18.5 Å². The summed E-state index contributed by atoms with van der Waals surface area (Å²) in [6.07, 6.45) is 4.26. The summed E-state index contributed by atoms with van der Waals surface area (Å²) < 4.78 is 19.1. The van der Waals surface area contributed by atoms with Gasteiger partial charge in [-0.25, -0.2) is 19.2 Å². The van der Waals surface area contributed by atoms with Gasteiger partial charge >= 0.3 is 6.09 Å². The van der Waals surface area contributed by atoms with E-state index in [1.807, 2.05) is 6.07 Å². The fraction of sp³-hybridized carbons (Fsp3) is 0.174. The van der Waals surface area contributed by atoms with Crippen molar-refractivity contribution in [1.82, 2.24) is 20.6 Å². The van der Waals surface area contributed by atoms with E-state index < -0.39 is 17.4 Å². The number of hydrogen-bond acceptors (Lipinski definition) is 7. The highest BCUT2D eigenvalue weighted by atomic mass is 19.1. The Bertz CT molecular complexity index is 1210. The second-order valence-corrected chi connectivity index (χ2v) is 7.45. The average molecular weight is 446 g/mol. The first kappa shape index (κ1) is 21.7. The summed E-state index contributed by atoms with van der Waals surface area (Å²) in [4.78, 5) is 32.2. The molecule has 0 saturated heterocycles. The lowest BCUT2D eigenvalue weighted by molar-refractivity contribution is -0.124. The maximum absolute atomic E-state index is 14.0. The number of halogens is 1. The van der Waals surface area contributed by atoms with Crippen LogP contribution < -0.4 is 20.7 Å². The van der Waals surface area contributed by atoms with Gasteiger partial charge in [-0.1, -0.05) is 18.2 Å². The molecule has 3 N–H and O–H groups in total. The minimum atomic E-state index is -0.993. The molecule has 0 radical (unpaired) electrons. The number of anilines is 2. The number of carbonyl (C=O) groups excluding carboxylic acids is 2. The molecule has 4 rings (SSSR count). The third-order valence-corrected chi connectivity index (χ3v) is 5.08. The molecule has 0 unspecified atom stereocenters. The van der Waals surface area contributed by atoms with Crippen LogP contribution in [-0.4, -0.2) is 27.5 Å². The summed E-state index contributed by atoms with van der Waals surface area (Å²) in [5.74, 6) is -0.654. The molecule has 0 spiro atoms. The van der Waals surface area contributed by atoms with Crippen molar-refractivity contribution in [3.8, 4) is 11.8 Å². The fourth-order valence-electron chi connectivity index (χ4n) is 3.15. The normalized spacial score (nSPS) is 13.3. The number of para-hydroxylation sites is 1. The number of nitrogens with one attached hydrogen (secondary N) is 3. The van der Waals surface area contributed by atoms with Crippen LogP contribution in [0.5, 0.6) is 5.75 Å². The zero-order chi connectivity index (χ0) is 23.3. The van der Waals surface area contributed by atoms with Gasteiger partial charge in [0.25, 0.3) is 0 Å². The van der Waals surface area contributed by atoms with Gasteiger partial charge in [0.2, 0.25) is 5.91 Å². The number of ether oxygens (including phenoxy) is 1. The molecule has 2 amide bonds. The minimum Gasteiger partial charge on any atom is -0.407 e. The van der Waals surface area contributed by atoms with E-state index in [2.05, 4.69) is 25.9 Å². The zero-order valence-corrected chi connectivity index (χ0v) is 17.3. The predicted molar refractivity (Wildman–Crippen MR) is 116 cm³/mol. The minimum absolute atomic E-state index is 0.108. The van der Waals surface area contributed by atoms with Crippen molar-refractivity contribution in [3.63, 3.8) is 0 Å². The number of aromatic nitrogens is 2. The third kappa shape index (κ3) is 5.22. The highest BCUT2D eigenvalue weighted by Gasteiger charge is 2.51. The molecule has 0 bridgehead atoms. The lowest BCUT2D eigenvalue weighted by Gasteiger charge is -2.17. The van der Waals surface area contributed by atoms with E-state index in [1.54, 1.807) is 24.3 Å². The van der Waals surface area contributed by atoms with Crippen LogP contribution in [0.15, 0.2) is 61.2 Å². The molecule has 1 aromatic heterocycles. The van der Waals surface area contributed by atoms with Crippen LogP contribution in [-0.2, 0) is 11.3 Å². The molecule has 3 aromatic rings. The number of nitrogens with zero attached hydrogens (tertiary/aromatic N) is 3. The summed E-state index contributed by atoms with van der Waals surface area (Å²) >= 11 is 0. The summed E-state index contributed by atoms with van der Waals surface area (Å²) in [7, 11) is 0. The maximum atomic E-state index is 14.0. The van der Waals surface area contributed by atoms with Crippen LogP contribution in [0.25, 0.3) is 0 Å². The van der Waals surface area contributed by atoms with Gasteiger partial charge in [-0.3, -0.25) is 4.79 Å². The van der Waals surface area contributed by atoms with E-state index in [1.165, 1.54) is 36.9 Å². The second-order valence-electron chi connectivity index (χ2n) is 7.45. The molecule has 166 valence electrons. The van der Waals surface area contributed by atoms with Crippen molar-refractivity contribution in [3.05, 3.63) is 78.1 Å². The summed E-state index contributed by atoms with van der Waals surface area (Å²) in [5.41, 5.74) is 0.721. The van der Waals surface area contributed by atoms with Gasteiger partial charge in [-0.15, -0.1) is 0 Å². The Morgan fingerprint density at radius 1 is 1.12 bits per heavy atom. The molecular formula is C23H19FN6O3. The van der Waals surface area contributed by atoms with E-state index in [4.69, 9.17) is 10.00 Å². The second kappa shape index (κ2) is 9.32. The molecule has 1 fully saturated rings. The summed E-state index contributed by atoms with van der Waals surface area (Å²) in [6.45, 7) is 0.243. The summed E-state index contributed by atoms with van der Waals surface area (Å²) in [5, 5.41) is 17.5. The molecule has 1 saturated carbocycles. The van der Waals surface area contributed by atoms with Crippen LogP contribution in [0.3, 0.4) is 0 Å². The Labute approximate surface area is 188 Å². The Balaban J connectivity index is 1.31. The number of rotatable bonds is 7. The Morgan fingerprint density at radius 3 is 2.52 bits per heavy atom. The number of amides is 2. The van der Waals surface area contributed by atoms with Crippen molar-refractivity contribution in [2.45, 2.75) is 24.9 Å². The van der Waals surface area contributed by atoms with Crippen molar-refractivity contribution in [1.29, 1.82) is 5.26 Å². The first-order chi connectivity index (χ1) is 16.0. The smallest absolute Gasteiger partial charge is 0.407 e. The molecule has 0 atom stereocenters. The Hall–Kier alpha value is -4.52. The van der Waals surface area contributed by atoms with Gasteiger partial charge in [-0.2, -0.15) is 5.26 Å². The monoisotopic (exact) mass is 446 g/mol. The first-order valence-corrected chi connectivity index (χ1v) is 10.1. The first-order valence-electron chi connectivity index (χ1n) is 10.1. The molecule has 1 heterocycles. The fourth-order valence-corrected chi connectivity index (χ4v) is 3.15. The molecular weight excluding hydrogens is 427 g/mol. The largest absolute Gasteiger partial charge is 0.413 e. The maximum Gasteiger partial charge on any atom is 0.413 e. The van der Waals surface area contributed by atoms with Gasteiger partial charge in [0, 0.05) is 12.2 Å². The van der Waals surface area contributed by atoms with Crippen molar-refractivity contribution in [2.24, 2.45) is 0 Å². The Morgan fingerprint density at radius 2 is 1.85 bits per heavy atom. The zero-order valence-electron chi connectivity index (χ0n) is 17.3. The van der Waals surface area contributed by atoms with Gasteiger partial charge in [0.1, 0.15) is 23.8 Å². The molecule has 9 nitrogen and oxygen atoms in total. The number of hydrogen-bond donors (Lipinski definition) is 3. The van der Waals surface area contributed by atoms with Crippen molar-refractivity contribution >= 4 is 23.4 Å². The van der Waals surface area contributed by atoms with Crippen molar-refractivity contribution in [2.75, 3.05) is 5.32 Å². The predicted octanol–water partition coefficient (Wildman–Crippen LogP) is 3.17. The van der Waals surface area contributed by atoms with E-state index >= 15 is 0 Å². The molecule has 33 heavy (non-hydrogen) atoms. The van der Waals surface area contributed by atoms with E-state index in [0.717, 1.165) is 5.56 Å². The van der Waals surface area contributed by atoms with Crippen LogP contribution in [0, 0.1) is 17.1 Å². The molecule has 10 heteroatoms. The topological polar surface area (TPSA) is 129 Å². The molecule has 1 aliphatic carbocycles. The van der Waals surface area contributed by atoms with Gasteiger partial charge in [-0.05, 0) is 42.7 Å². The highest BCUT2D eigenvalue weighted by Crippen LogP contribution is 2.35. The summed E-state index contributed by atoms with van der Waals surface area (Å²) in [6, 6.07) is 13.2. The lowest BCUT2D eigenvalue weighted by atomic mass is 10.1. The highest BCUT2D eigenvalue weighted by molar-refractivity contribution is 5.93. The van der Waals surface area contributed by atoms with Crippen molar-refractivity contribution < 1.29 is 18.7 Å². The molecule has 0 aliphatic heterocycles. The standard InChI is InChI=1S/C23H19FN6O3/c24-19-3-1-2-16(10-25)20(19)29-17-6-4-15(5-7-17)11-28-21(31)23(8-9-23)30-22(32)33-18-12-26-14-27-13-18/h1-7,12-14,29H,8-9,11H2,(H,28,31)(H,30,32). The number of carbonyl (C=O) groups is 2. The van der Waals surface area contributed by atoms with E-state index in [-0.39, 0.29) is 29.5 Å². The van der Waals surface area contributed by atoms with Gasteiger partial charge in [0.15, 0.2) is 5.75 Å². The van der Waals surface area contributed by atoms with Gasteiger partial charge < -0.3 is 20.7 Å². The Kier molecular flexibility index (Phi) is 6.13. The number of nitriles is 1. The van der Waals surface area contributed by atoms with E-state index in [9.17, 15) is 14.0 Å². The lowest BCUT2D eigenvalue weighted by Crippen LogP contribution is -2.49.